The fourth-order valence-electron chi connectivity index (χ4n) is 2.06. The van der Waals surface area contributed by atoms with Crippen LogP contribution in [-0.4, -0.2) is 17.4 Å². The summed E-state index contributed by atoms with van der Waals surface area (Å²) in [4.78, 5) is 24.4. The van der Waals surface area contributed by atoms with Gasteiger partial charge in [-0.1, -0.05) is 18.2 Å². The summed E-state index contributed by atoms with van der Waals surface area (Å²) in [6, 6.07) is 13.2. The normalized spacial score (nSPS) is 10.9. The van der Waals surface area contributed by atoms with Gasteiger partial charge in [0.05, 0.1) is 5.76 Å². The van der Waals surface area contributed by atoms with Crippen molar-refractivity contribution in [3.05, 3.63) is 77.0 Å². The van der Waals surface area contributed by atoms with Crippen LogP contribution in [0.3, 0.4) is 0 Å². The molecule has 0 atom stereocenters. The van der Waals surface area contributed by atoms with Gasteiger partial charge in [-0.3, -0.25) is 4.79 Å². The van der Waals surface area contributed by atoms with Gasteiger partial charge in [0.1, 0.15) is 5.75 Å². The summed E-state index contributed by atoms with van der Waals surface area (Å²) in [6.07, 6.45) is 0. The van der Waals surface area contributed by atoms with Crippen molar-refractivity contribution >= 4 is 23.4 Å². The molecule has 0 unspecified atom stereocenters. The molecule has 0 aliphatic heterocycles. The maximum atomic E-state index is 12.4. The second-order valence-corrected chi connectivity index (χ2v) is 6.50. The molecule has 0 bridgehead atoms. The zero-order chi connectivity index (χ0) is 18.6. The molecule has 0 aliphatic rings. The Bertz CT molecular complexity index is 789. The van der Waals surface area contributed by atoms with Gasteiger partial charge in [0.2, 0.25) is 5.60 Å². The molecular formula is C20H19ClO4. The molecule has 2 aromatic rings. The minimum atomic E-state index is -1.18. The lowest BCUT2D eigenvalue weighted by atomic mass is 10.0. The highest BCUT2D eigenvalue weighted by Gasteiger charge is 2.32. The zero-order valence-electron chi connectivity index (χ0n) is 14.3. The van der Waals surface area contributed by atoms with E-state index < -0.39 is 11.6 Å². The van der Waals surface area contributed by atoms with Gasteiger partial charge < -0.3 is 9.47 Å². The smallest absolute Gasteiger partial charge is 0.354 e. The minimum absolute atomic E-state index is 0.121. The first-order chi connectivity index (χ1) is 11.7. The summed E-state index contributed by atoms with van der Waals surface area (Å²) in [5.74, 6) is 0.0902. The summed E-state index contributed by atoms with van der Waals surface area (Å²) in [5, 5.41) is 0.573. The van der Waals surface area contributed by atoms with Crippen molar-refractivity contribution in [3.63, 3.8) is 0 Å². The fourth-order valence-corrected chi connectivity index (χ4v) is 2.19. The van der Waals surface area contributed by atoms with Gasteiger partial charge in [0, 0.05) is 16.1 Å². The predicted molar refractivity (Wildman–Crippen MR) is 96.9 cm³/mol. The van der Waals surface area contributed by atoms with Gasteiger partial charge in [-0.05, 0) is 69.3 Å². The van der Waals surface area contributed by atoms with E-state index >= 15 is 0 Å². The van der Waals surface area contributed by atoms with Crippen molar-refractivity contribution in [2.75, 3.05) is 0 Å². The highest BCUT2D eigenvalue weighted by atomic mass is 35.5. The highest BCUT2D eigenvalue weighted by molar-refractivity contribution is 6.30. The first-order valence-electron chi connectivity index (χ1n) is 7.66. The van der Waals surface area contributed by atoms with Gasteiger partial charge in [-0.15, -0.1) is 0 Å². The molecule has 0 saturated heterocycles. The molecule has 0 saturated carbocycles. The monoisotopic (exact) mass is 358 g/mol. The first-order valence-corrected chi connectivity index (χ1v) is 8.04. The summed E-state index contributed by atoms with van der Waals surface area (Å²) in [7, 11) is 0. The quantitative estimate of drug-likeness (QED) is 0.422. The van der Waals surface area contributed by atoms with E-state index in [9.17, 15) is 9.59 Å². The molecule has 130 valence electrons. The Labute approximate surface area is 152 Å². The van der Waals surface area contributed by atoms with Crippen LogP contribution in [0.25, 0.3) is 0 Å². The maximum Gasteiger partial charge on any atom is 0.354 e. The number of hydrogen-bond acceptors (Lipinski definition) is 4. The van der Waals surface area contributed by atoms with Crippen LogP contribution in [0.15, 0.2) is 60.9 Å². The second-order valence-electron chi connectivity index (χ2n) is 6.06. The number of halogens is 1. The Balaban J connectivity index is 2.11. The summed E-state index contributed by atoms with van der Waals surface area (Å²) < 4.78 is 10.7. The molecule has 0 aromatic heterocycles. The summed E-state index contributed by atoms with van der Waals surface area (Å²) in [6.45, 7) is 8.33. The van der Waals surface area contributed by atoms with Crippen molar-refractivity contribution in [1.29, 1.82) is 0 Å². The molecule has 0 heterocycles. The van der Waals surface area contributed by atoms with E-state index in [0.717, 1.165) is 0 Å². The lowest BCUT2D eigenvalue weighted by molar-refractivity contribution is -0.154. The third-order valence-electron chi connectivity index (χ3n) is 3.35. The Morgan fingerprint density at radius 3 is 1.92 bits per heavy atom. The number of allylic oxidation sites excluding steroid dienone is 1. The standard InChI is InChI=1S/C20H19ClO4/c1-13(2)24-19(23)20(3,4)25-17-11-7-15(8-12-17)18(22)14-5-9-16(21)10-6-14/h5-12H,1H2,2-4H3. The van der Waals surface area contributed by atoms with Gasteiger partial charge in [-0.2, -0.15) is 0 Å². The lowest BCUT2D eigenvalue weighted by Gasteiger charge is -2.24. The van der Waals surface area contributed by atoms with E-state index in [0.29, 0.717) is 27.7 Å². The molecule has 0 amide bonds. The topological polar surface area (TPSA) is 52.6 Å². The second kappa shape index (κ2) is 7.53. The van der Waals surface area contributed by atoms with Crippen LogP contribution < -0.4 is 4.74 Å². The van der Waals surface area contributed by atoms with Crippen LogP contribution in [0.2, 0.25) is 5.02 Å². The van der Waals surface area contributed by atoms with E-state index in [-0.39, 0.29) is 5.78 Å². The molecule has 25 heavy (non-hydrogen) atoms. The number of carbonyl (C=O) groups excluding carboxylic acids is 2. The highest BCUT2D eigenvalue weighted by Crippen LogP contribution is 2.22. The molecule has 0 N–H and O–H groups in total. The number of esters is 1. The molecular weight excluding hydrogens is 340 g/mol. The zero-order valence-corrected chi connectivity index (χ0v) is 15.1. The van der Waals surface area contributed by atoms with E-state index in [4.69, 9.17) is 21.1 Å². The van der Waals surface area contributed by atoms with Crippen LogP contribution in [0.1, 0.15) is 36.7 Å². The van der Waals surface area contributed by atoms with Crippen molar-refractivity contribution in [1.82, 2.24) is 0 Å². The Morgan fingerprint density at radius 2 is 1.44 bits per heavy atom. The van der Waals surface area contributed by atoms with E-state index in [1.165, 1.54) is 0 Å². The van der Waals surface area contributed by atoms with Crippen molar-refractivity contribution in [2.24, 2.45) is 0 Å². The molecule has 5 heteroatoms. The number of ketones is 1. The number of rotatable bonds is 6. The van der Waals surface area contributed by atoms with E-state index in [1.54, 1.807) is 69.3 Å². The number of ether oxygens (including phenoxy) is 2. The molecule has 0 radical (unpaired) electrons. The molecule has 0 spiro atoms. The minimum Gasteiger partial charge on any atom is -0.476 e. The summed E-state index contributed by atoms with van der Waals surface area (Å²) in [5.41, 5.74) is -0.124. The average Bonchev–Trinajstić information content (AvgIpc) is 2.54. The Morgan fingerprint density at radius 1 is 0.960 bits per heavy atom. The van der Waals surface area contributed by atoms with Gasteiger partial charge in [0.15, 0.2) is 5.78 Å². The van der Waals surface area contributed by atoms with Crippen LogP contribution in [0, 0.1) is 0 Å². The SMILES string of the molecule is C=C(C)OC(=O)C(C)(C)Oc1ccc(C(=O)c2ccc(Cl)cc2)cc1. The number of carbonyl (C=O) groups is 2. The summed E-state index contributed by atoms with van der Waals surface area (Å²) >= 11 is 5.83. The molecule has 0 aliphatic carbocycles. The molecule has 2 rings (SSSR count). The van der Waals surface area contributed by atoms with Gasteiger partial charge in [0.25, 0.3) is 0 Å². The fraction of sp³-hybridized carbons (Fsp3) is 0.200. The largest absolute Gasteiger partial charge is 0.476 e. The number of hydrogen-bond donors (Lipinski definition) is 0. The molecule has 4 nitrogen and oxygen atoms in total. The Hall–Kier alpha value is -2.59. The lowest BCUT2D eigenvalue weighted by Crippen LogP contribution is -2.39. The van der Waals surface area contributed by atoms with E-state index in [1.807, 2.05) is 0 Å². The third-order valence-corrected chi connectivity index (χ3v) is 3.61. The predicted octanol–water partition coefficient (Wildman–Crippen LogP) is 4.81. The van der Waals surface area contributed by atoms with Crippen LogP contribution >= 0.6 is 11.6 Å². The maximum absolute atomic E-state index is 12.4. The first kappa shape index (κ1) is 18.7. The third kappa shape index (κ3) is 4.94. The van der Waals surface area contributed by atoms with Crippen LogP contribution in [0.4, 0.5) is 0 Å². The average molecular weight is 359 g/mol. The van der Waals surface area contributed by atoms with Crippen LogP contribution in [0.5, 0.6) is 5.75 Å². The molecule has 2 aromatic carbocycles. The van der Waals surface area contributed by atoms with E-state index in [2.05, 4.69) is 6.58 Å². The van der Waals surface area contributed by atoms with Gasteiger partial charge >= 0.3 is 5.97 Å². The van der Waals surface area contributed by atoms with Crippen LogP contribution in [-0.2, 0) is 9.53 Å². The number of benzene rings is 2. The van der Waals surface area contributed by atoms with Crippen molar-refractivity contribution in [2.45, 2.75) is 26.4 Å². The van der Waals surface area contributed by atoms with Crippen molar-refractivity contribution in [3.8, 4) is 5.75 Å². The van der Waals surface area contributed by atoms with Crippen molar-refractivity contribution < 1.29 is 19.1 Å². The van der Waals surface area contributed by atoms with Gasteiger partial charge in [-0.25, -0.2) is 4.79 Å². The molecule has 0 fully saturated rings. The Kier molecular flexibility index (Phi) is 5.65.